The minimum atomic E-state index is -0.112. The lowest BCUT2D eigenvalue weighted by molar-refractivity contribution is -0.128. The molecule has 3 nitrogen and oxygen atoms in total. The Hall–Kier alpha value is -1.06. The zero-order chi connectivity index (χ0) is 17.0. The zero-order valence-electron chi connectivity index (χ0n) is 14.8. The highest BCUT2D eigenvalue weighted by atomic mass is 35.5. The zero-order valence-corrected chi connectivity index (χ0v) is 15.5. The largest absolute Gasteiger partial charge is 0.312 e. The molecule has 0 unspecified atom stereocenters. The van der Waals surface area contributed by atoms with Gasteiger partial charge in [0.1, 0.15) is 0 Å². The molecule has 0 aromatic heterocycles. The lowest BCUT2D eigenvalue weighted by atomic mass is 9.77. The van der Waals surface area contributed by atoms with Gasteiger partial charge in [-0.2, -0.15) is 0 Å². The topological polar surface area (TPSA) is 23.6 Å². The van der Waals surface area contributed by atoms with E-state index in [2.05, 4.69) is 11.8 Å². The molecule has 132 valence electrons. The Morgan fingerprint density at radius 1 is 1.00 bits per heavy atom. The van der Waals surface area contributed by atoms with Crippen molar-refractivity contribution in [3.63, 3.8) is 0 Å². The van der Waals surface area contributed by atoms with E-state index in [1.165, 1.54) is 32.2 Å². The van der Waals surface area contributed by atoms with Crippen LogP contribution in [0.5, 0.6) is 0 Å². The van der Waals surface area contributed by atoms with E-state index in [0.29, 0.717) is 5.91 Å². The second-order valence-electron chi connectivity index (χ2n) is 7.37. The maximum atomic E-state index is 13.0. The fraction of sp³-hybridized carbons (Fsp3) is 0.650. The number of likely N-dealkylation sites (tertiary alicyclic amines) is 1. The molecule has 1 aromatic rings. The van der Waals surface area contributed by atoms with Crippen molar-refractivity contribution in [2.24, 2.45) is 5.41 Å². The van der Waals surface area contributed by atoms with Gasteiger partial charge < -0.3 is 9.80 Å². The van der Waals surface area contributed by atoms with Crippen LogP contribution < -0.4 is 4.90 Å². The third kappa shape index (κ3) is 3.78. The first-order valence-electron chi connectivity index (χ1n) is 9.44. The molecule has 0 bridgehead atoms. The molecule has 0 atom stereocenters. The summed E-state index contributed by atoms with van der Waals surface area (Å²) in [5.74, 6) is 0.329. The third-order valence-electron chi connectivity index (χ3n) is 5.79. The second-order valence-corrected chi connectivity index (χ2v) is 7.80. The van der Waals surface area contributed by atoms with Crippen LogP contribution in [0.2, 0.25) is 5.02 Å². The van der Waals surface area contributed by atoms with Crippen molar-refractivity contribution >= 4 is 23.2 Å². The number of benzene rings is 1. The highest BCUT2D eigenvalue weighted by Crippen LogP contribution is 2.43. The van der Waals surface area contributed by atoms with Gasteiger partial charge in [-0.1, -0.05) is 37.8 Å². The first kappa shape index (κ1) is 17.8. The van der Waals surface area contributed by atoms with Crippen LogP contribution in [0.25, 0.3) is 0 Å². The van der Waals surface area contributed by atoms with Crippen LogP contribution in [0, 0.1) is 5.41 Å². The SMILES string of the molecule is CCCCCCN1CCC2(CC1)CCN(c1ccc(Cl)cc1)C2=O. The number of unbranched alkanes of at least 4 members (excludes halogenated alkanes) is 3. The summed E-state index contributed by atoms with van der Waals surface area (Å²) in [6.07, 6.45) is 8.29. The van der Waals surface area contributed by atoms with E-state index in [0.717, 1.165) is 49.6 Å². The van der Waals surface area contributed by atoms with E-state index in [1.54, 1.807) is 0 Å². The molecule has 4 heteroatoms. The lowest BCUT2D eigenvalue weighted by Gasteiger charge is -2.38. The van der Waals surface area contributed by atoms with Crippen molar-refractivity contribution in [2.75, 3.05) is 31.1 Å². The van der Waals surface area contributed by atoms with Crippen LogP contribution in [0.4, 0.5) is 5.69 Å². The van der Waals surface area contributed by atoms with Gasteiger partial charge in [0.25, 0.3) is 0 Å². The maximum absolute atomic E-state index is 13.0. The molecule has 2 heterocycles. The summed E-state index contributed by atoms with van der Waals surface area (Å²) in [5.41, 5.74) is 0.878. The average Bonchev–Trinajstić information content (AvgIpc) is 2.91. The molecule has 0 aliphatic carbocycles. The Morgan fingerprint density at radius 2 is 1.67 bits per heavy atom. The van der Waals surface area contributed by atoms with E-state index in [-0.39, 0.29) is 5.41 Å². The van der Waals surface area contributed by atoms with Crippen LogP contribution in [-0.2, 0) is 4.79 Å². The minimum absolute atomic E-state index is 0.112. The average molecular weight is 349 g/mol. The predicted octanol–water partition coefficient (Wildman–Crippen LogP) is 4.74. The predicted molar refractivity (Wildman–Crippen MR) is 101 cm³/mol. The van der Waals surface area contributed by atoms with Gasteiger partial charge >= 0.3 is 0 Å². The van der Waals surface area contributed by atoms with Crippen molar-refractivity contribution in [3.05, 3.63) is 29.3 Å². The number of carbonyl (C=O) groups is 1. The molecule has 24 heavy (non-hydrogen) atoms. The number of carbonyl (C=O) groups excluding carboxylic acids is 1. The van der Waals surface area contributed by atoms with Crippen LogP contribution >= 0.6 is 11.6 Å². The molecular weight excluding hydrogens is 320 g/mol. The van der Waals surface area contributed by atoms with Crippen LogP contribution in [0.3, 0.4) is 0 Å². The molecule has 0 saturated carbocycles. The number of anilines is 1. The molecule has 2 aliphatic heterocycles. The van der Waals surface area contributed by atoms with E-state index in [1.807, 2.05) is 29.2 Å². The standard InChI is InChI=1S/C20H29ClN2O/c1-2-3-4-5-13-22-14-10-20(11-15-22)12-16-23(19(20)24)18-8-6-17(21)7-9-18/h6-9H,2-5,10-16H2,1H3. The van der Waals surface area contributed by atoms with Crippen molar-refractivity contribution in [2.45, 2.75) is 51.9 Å². The fourth-order valence-corrected chi connectivity index (χ4v) is 4.24. The molecule has 1 amide bonds. The van der Waals surface area contributed by atoms with Crippen LogP contribution in [0.1, 0.15) is 51.9 Å². The number of nitrogens with zero attached hydrogens (tertiary/aromatic N) is 2. The second kappa shape index (κ2) is 7.88. The molecule has 1 aromatic carbocycles. The minimum Gasteiger partial charge on any atom is -0.312 e. The number of halogens is 1. The summed E-state index contributed by atoms with van der Waals surface area (Å²) in [5, 5.41) is 0.719. The lowest BCUT2D eigenvalue weighted by Crippen LogP contribution is -2.45. The summed E-state index contributed by atoms with van der Waals surface area (Å²) in [6.45, 7) is 6.45. The third-order valence-corrected chi connectivity index (χ3v) is 6.04. The molecule has 2 saturated heterocycles. The smallest absolute Gasteiger partial charge is 0.233 e. The number of amides is 1. The van der Waals surface area contributed by atoms with Crippen LogP contribution in [0.15, 0.2) is 24.3 Å². The summed E-state index contributed by atoms with van der Waals surface area (Å²) >= 11 is 5.97. The summed E-state index contributed by atoms with van der Waals surface area (Å²) in [4.78, 5) is 17.6. The highest BCUT2D eigenvalue weighted by molar-refractivity contribution is 6.30. The van der Waals surface area contributed by atoms with E-state index in [4.69, 9.17) is 11.6 Å². The van der Waals surface area contributed by atoms with Gasteiger partial charge in [-0.15, -0.1) is 0 Å². The van der Waals surface area contributed by atoms with Gasteiger partial charge in [0, 0.05) is 17.3 Å². The maximum Gasteiger partial charge on any atom is 0.233 e. The molecule has 1 spiro atoms. The van der Waals surface area contributed by atoms with Gasteiger partial charge in [0.05, 0.1) is 5.41 Å². The van der Waals surface area contributed by atoms with Gasteiger partial charge in [-0.25, -0.2) is 0 Å². The van der Waals surface area contributed by atoms with Gasteiger partial charge in [-0.05, 0) is 69.6 Å². The highest BCUT2D eigenvalue weighted by Gasteiger charge is 2.48. The van der Waals surface area contributed by atoms with E-state index < -0.39 is 0 Å². The monoisotopic (exact) mass is 348 g/mol. The number of rotatable bonds is 6. The fourth-order valence-electron chi connectivity index (χ4n) is 4.12. The first-order chi connectivity index (χ1) is 11.6. The molecule has 0 radical (unpaired) electrons. The molecule has 3 rings (SSSR count). The van der Waals surface area contributed by atoms with Gasteiger partial charge in [0.15, 0.2) is 0 Å². The molecule has 2 aliphatic rings. The summed E-state index contributed by atoms with van der Waals surface area (Å²) in [7, 11) is 0. The van der Waals surface area contributed by atoms with Crippen molar-refractivity contribution in [1.82, 2.24) is 4.90 Å². The summed E-state index contributed by atoms with van der Waals surface area (Å²) in [6, 6.07) is 7.66. The van der Waals surface area contributed by atoms with Gasteiger partial charge in [0.2, 0.25) is 5.91 Å². The van der Waals surface area contributed by atoms with Crippen molar-refractivity contribution in [3.8, 4) is 0 Å². The Balaban J connectivity index is 1.54. The Morgan fingerprint density at radius 3 is 2.33 bits per heavy atom. The molecular formula is C20H29ClN2O. The molecule has 0 N–H and O–H groups in total. The number of piperidine rings is 1. The summed E-state index contributed by atoms with van der Waals surface area (Å²) < 4.78 is 0. The molecule has 2 fully saturated rings. The van der Waals surface area contributed by atoms with Gasteiger partial charge in [-0.3, -0.25) is 4.79 Å². The van der Waals surface area contributed by atoms with E-state index in [9.17, 15) is 4.79 Å². The normalized spacial score (nSPS) is 20.9. The first-order valence-corrected chi connectivity index (χ1v) is 9.82. The Kier molecular flexibility index (Phi) is 5.83. The van der Waals surface area contributed by atoms with Crippen molar-refractivity contribution in [1.29, 1.82) is 0 Å². The number of hydrogen-bond donors (Lipinski definition) is 0. The quantitative estimate of drug-likeness (QED) is 0.693. The van der Waals surface area contributed by atoms with E-state index >= 15 is 0 Å². The Bertz CT molecular complexity index is 549. The van der Waals surface area contributed by atoms with Crippen LogP contribution in [-0.4, -0.2) is 37.0 Å². The number of hydrogen-bond acceptors (Lipinski definition) is 2. The Labute approximate surface area is 151 Å². The van der Waals surface area contributed by atoms with Crippen molar-refractivity contribution < 1.29 is 4.79 Å².